The van der Waals surface area contributed by atoms with Crippen molar-refractivity contribution in [1.29, 1.82) is 0 Å². The van der Waals surface area contributed by atoms with Crippen LogP contribution in [0.1, 0.15) is 32.6 Å². The van der Waals surface area contributed by atoms with E-state index in [9.17, 15) is 0 Å². The molecule has 0 saturated heterocycles. The molecule has 3 heteroatoms. The van der Waals surface area contributed by atoms with Gasteiger partial charge in [-0.05, 0) is 31.6 Å². The minimum absolute atomic E-state index is 0.0358. The predicted octanol–water partition coefficient (Wildman–Crippen LogP) is 0.868. The molecule has 0 radical (unpaired) electrons. The van der Waals surface area contributed by atoms with E-state index in [-0.39, 0.29) is 5.54 Å². The molecule has 1 aliphatic rings. The largest absolute Gasteiger partial charge is 0.384 e. The van der Waals surface area contributed by atoms with Gasteiger partial charge in [0.25, 0.3) is 0 Å². The van der Waals surface area contributed by atoms with Gasteiger partial charge in [0.2, 0.25) is 0 Å². The summed E-state index contributed by atoms with van der Waals surface area (Å²) in [6.07, 6.45) is 4.20. The van der Waals surface area contributed by atoms with Gasteiger partial charge < -0.3 is 16.2 Å². The van der Waals surface area contributed by atoms with E-state index in [0.29, 0.717) is 12.0 Å². The average molecular weight is 186 g/mol. The van der Waals surface area contributed by atoms with Crippen LogP contribution in [0.25, 0.3) is 0 Å². The second-order valence-corrected chi connectivity index (χ2v) is 4.43. The topological polar surface area (TPSA) is 61.3 Å². The molecular weight excluding hydrogens is 164 g/mol. The monoisotopic (exact) mass is 186 g/mol. The molecule has 0 spiro atoms. The standard InChI is InChI=1S/C10H22N2O/c1-8(7-13-2)10(12)5-3-9(11)4-6-10/h8-9H,3-7,11-12H2,1-2H3/t8-,9?,10?/m1/s1. The molecule has 3 nitrogen and oxygen atoms in total. The van der Waals surface area contributed by atoms with E-state index in [2.05, 4.69) is 6.92 Å². The van der Waals surface area contributed by atoms with Crippen molar-refractivity contribution in [2.75, 3.05) is 13.7 Å². The number of rotatable bonds is 3. The number of hydrogen-bond acceptors (Lipinski definition) is 3. The first-order valence-corrected chi connectivity index (χ1v) is 5.12. The van der Waals surface area contributed by atoms with Gasteiger partial charge in [0.15, 0.2) is 0 Å². The number of hydrogen-bond donors (Lipinski definition) is 2. The van der Waals surface area contributed by atoms with Gasteiger partial charge in [-0.2, -0.15) is 0 Å². The van der Waals surface area contributed by atoms with Gasteiger partial charge in [0.1, 0.15) is 0 Å². The summed E-state index contributed by atoms with van der Waals surface area (Å²) in [5.41, 5.74) is 12.1. The Labute approximate surface area is 80.8 Å². The smallest absolute Gasteiger partial charge is 0.0505 e. The Morgan fingerprint density at radius 3 is 2.46 bits per heavy atom. The highest BCUT2D eigenvalue weighted by molar-refractivity contribution is 4.94. The highest BCUT2D eigenvalue weighted by Crippen LogP contribution is 2.31. The lowest BCUT2D eigenvalue weighted by Crippen LogP contribution is -2.52. The normalized spacial score (nSPS) is 37.4. The Kier molecular flexibility index (Phi) is 3.71. The Hall–Kier alpha value is -0.120. The van der Waals surface area contributed by atoms with Crippen LogP contribution in [0.2, 0.25) is 0 Å². The van der Waals surface area contributed by atoms with E-state index in [0.717, 1.165) is 32.3 Å². The molecular formula is C10H22N2O. The van der Waals surface area contributed by atoms with Crippen LogP contribution in [-0.2, 0) is 4.74 Å². The lowest BCUT2D eigenvalue weighted by molar-refractivity contribution is 0.0922. The van der Waals surface area contributed by atoms with Crippen LogP contribution in [0.4, 0.5) is 0 Å². The van der Waals surface area contributed by atoms with E-state index >= 15 is 0 Å². The van der Waals surface area contributed by atoms with Gasteiger partial charge >= 0.3 is 0 Å². The fourth-order valence-electron chi connectivity index (χ4n) is 2.09. The van der Waals surface area contributed by atoms with Crippen molar-refractivity contribution in [2.24, 2.45) is 17.4 Å². The third-order valence-corrected chi connectivity index (χ3v) is 3.36. The summed E-state index contributed by atoms with van der Waals surface area (Å²) in [4.78, 5) is 0. The van der Waals surface area contributed by atoms with Crippen molar-refractivity contribution in [3.8, 4) is 0 Å². The molecule has 0 unspecified atom stereocenters. The molecule has 1 fully saturated rings. The van der Waals surface area contributed by atoms with Gasteiger partial charge in [-0.3, -0.25) is 0 Å². The molecule has 4 N–H and O–H groups in total. The Morgan fingerprint density at radius 2 is 2.00 bits per heavy atom. The quantitative estimate of drug-likeness (QED) is 0.687. The summed E-state index contributed by atoms with van der Waals surface area (Å²) in [5, 5.41) is 0. The maximum atomic E-state index is 6.32. The Morgan fingerprint density at radius 1 is 1.46 bits per heavy atom. The summed E-state index contributed by atoms with van der Waals surface area (Å²) < 4.78 is 5.14. The van der Waals surface area contributed by atoms with Crippen molar-refractivity contribution >= 4 is 0 Å². The van der Waals surface area contributed by atoms with Crippen molar-refractivity contribution in [3.05, 3.63) is 0 Å². The van der Waals surface area contributed by atoms with Gasteiger partial charge in [-0.25, -0.2) is 0 Å². The molecule has 13 heavy (non-hydrogen) atoms. The summed E-state index contributed by atoms with van der Waals surface area (Å²) in [6.45, 7) is 2.92. The number of nitrogens with two attached hydrogens (primary N) is 2. The van der Waals surface area contributed by atoms with Crippen LogP contribution in [-0.4, -0.2) is 25.3 Å². The first kappa shape index (κ1) is 11.0. The summed E-state index contributed by atoms with van der Waals surface area (Å²) >= 11 is 0. The van der Waals surface area contributed by atoms with Crippen LogP contribution in [0.5, 0.6) is 0 Å². The molecule has 0 bridgehead atoms. The van der Waals surface area contributed by atoms with Crippen molar-refractivity contribution in [2.45, 2.75) is 44.2 Å². The summed E-state index contributed by atoms with van der Waals surface area (Å²) in [5.74, 6) is 0.435. The van der Waals surface area contributed by atoms with Crippen molar-refractivity contribution < 1.29 is 4.74 Å². The van der Waals surface area contributed by atoms with E-state index in [4.69, 9.17) is 16.2 Å². The van der Waals surface area contributed by atoms with Crippen LogP contribution in [0.3, 0.4) is 0 Å². The highest BCUT2D eigenvalue weighted by Gasteiger charge is 2.35. The minimum atomic E-state index is -0.0358. The van der Waals surface area contributed by atoms with Crippen molar-refractivity contribution in [1.82, 2.24) is 0 Å². The molecule has 0 aromatic carbocycles. The number of methoxy groups -OCH3 is 1. The van der Waals surface area contributed by atoms with Crippen LogP contribution in [0.15, 0.2) is 0 Å². The molecule has 0 aliphatic heterocycles. The lowest BCUT2D eigenvalue weighted by Gasteiger charge is -2.40. The molecule has 1 saturated carbocycles. The summed E-state index contributed by atoms with van der Waals surface area (Å²) in [7, 11) is 1.73. The van der Waals surface area contributed by atoms with Gasteiger partial charge in [-0.15, -0.1) is 0 Å². The average Bonchev–Trinajstić information content (AvgIpc) is 2.11. The molecule has 78 valence electrons. The SMILES string of the molecule is COC[C@@H](C)C1(N)CCC(N)CC1. The van der Waals surface area contributed by atoms with Crippen molar-refractivity contribution in [3.63, 3.8) is 0 Å². The minimum Gasteiger partial charge on any atom is -0.384 e. The Bertz CT molecular complexity index is 153. The molecule has 1 aliphatic carbocycles. The van der Waals surface area contributed by atoms with E-state index in [1.807, 2.05) is 0 Å². The second-order valence-electron chi connectivity index (χ2n) is 4.43. The molecule has 0 aromatic heterocycles. The fourth-order valence-corrected chi connectivity index (χ4v) is 2.09. The summed E-state index contributed by atoms with van der Waals surface area (Å²) in [6, 6.07) is 0.367. The Balaban J connectivity index is 2.46. The molecule has 0 aromatic rings. The highest BCUT2D eigenvalue weighted by atomic mass is 16.5. The zero-order valence-electron chi connectivity index (χ0n) is 8.75. The van der Waals surface area contributed by atoms with Gasteiger partial charge in [0.05, 0.1) is 6.61 Å². The van der Waals surface area contributed by atoms with Crippen LogP contribution in [0, 0.1) is 5.92 Å². The molecule has 1 atom stereocenters. The fraction of sp³-hybridized carbons (Fsp3) is 1.00. The van der Waals surface area contributed by atoms with Crippen LogP contribution < -0.4 is 11.5 Å². The number of ether oxygens (including phenoxy) is 1. The predicted molar refractivity (Wildman–Crippen MR) is 54.4 cm³/mol. The molecule has 1 rings (SSSR count). The maximum Gasteiger partial charge on any atom is 0.0505 e. The third-order valence-electron chi connectivity index (χ3n) is 3.36. The van der Waals surface area contributed by atoms with E-state index in [1.165, 1.54) is 0 Å². The first-order valence-electron chi connectivity index (χ1n) is 5.12. The zero-order chi connectivity index (χ0) is 9.90. The first-order chi connectivity index (χ1) is 6.08. The second kappa shape index (κ2) is 4.40. The third kappa shape index (κ3) is 2.66. The van der Waals surface area contributed by atoms with E-state index < -0.39 is 0 Å². The molecule has 0 heterocycles. The maximum absolute atomic E-state index is 6.32. The van der Waals surface area contributed by atoms with Gasteiger partial charge in [-0.1, -0.05) is 6.92 Å². The zero-order valence-corrected chi connectivity index (χ0v) is 8.75. The van der Waals surface area contributed by atoms with E-state index in [1.54, 1.807) is 7.11 Å². The molecule has 0 amide bonds. The lowest BCUT2D eigenvalue weighted by atomic mass is 9.73. The van der Waals surface area contributed by atoms with Crippen LogP contribution >= 0.6 is 0 Å². The van der Waals surface area contributed by atoms with Gasteiger partial charge in [0, 0.05) is 18.7 Å².